The molecule has 0 fully saturated rings. The number of esters is 2. The third kappa shape index (κ3) is 4.86. The van der Waals surface area contributed by atoms with Gasteiger partial charge in [0.05, 0.1) is 14.2 Å². The Morgan fingerprint density at radius 1 is 1.10 bits per heavy atom. The number of carbonyl (C=O) groups excluding carboxylic acids is 3. The van der Waals surface area contributed by atoms with E-state index in [0.717, 1.165) is 14.9 Å². The van der Waals surface area contributed by atoms with Crippen molar-refractivity contribution in [3.05, 3.63) is 33.8 Å². The van der Waals surface area contributed by atoms with Crippen molar-refractivity contribution in [1.82, 2.24) is 4.90 Å². The molecule has 0 aliphatic rings. The molecule has 0 saturated carbocycles. The van der Waals surface area contributed by atoms with Crippen molar-refractivity contribution in [3.8, 4) is 0 Å². The lowest BCUT2D eigenvalue weighted by molar-refractivity contribution is -0.144. The molecule has 0 N–H and O–H groups in total. The van der Waals surface area contributed by atoms with Crippen LogP contribution in [-0.4, -0.2) is 50.1 Å². The summed E-state index contributed by atoms with van der Waals surface area (Å²) in [6.45, 7) is 1.13. The van der Waals surface area contributed by atoms with Gasteiger partial charge in [0.1, 0.15) is 13.1 Å². The Kier molecular flexibility index (Phi) is 6.36. The number of benzene rings is 1. The summed E-state index contributed by atoms with van der Waals surface area (Å²) in [5.41, 5.74) is 1.14. The van der Waals surface area contributed by atoms with E-state index in [1.54, 1.807) is 25.1 Å². The standard InChI is InChI=1S/C14H16BrNO5/c1-9-4-5-10(15)6-11(9)14(19)16(7-12(17)20-2)8-13(18)21-3/h4-6H,7-8H2,1-3H3. The van der Waals surface area contributed by atoms with E-state index in [-0.39, 0.29) is 13.1 Å². The molecule has 0 aliphatic heterocycles. The number of carbonyl (C=O) groups is 3. The molecule has 1 amide bonds. The quantitative estimate of drug-likeness (QED) is 0.747. The van der Waals surface area contributed by atoms with Gasteiger partial charge in [0.25, 0.3) is 5.91 Å². The summed E-state index contributed by atoms with van der Waals surface area (Å²) in [6, 6.07) is 5.21. The lowest BCUT2D eigenvalue weighted by atomic mass is 10.1. The summed E-state index contributed by atoms with van der Waals surface area (Å²) < 4.78 is 9.81. The SMILES string of the molecule is COC(=O)CN(CC(=O)OC)C(=O)c1cc(Br)ccc1C. The first-order chi connectivity index (χ1) is 9.88. The van der Waals surface area contributed by atoms with Crippen LogP contribution in [0, 0.1) is 6.92 Å². The number of ether oxygens (including phenoxy) is 2. The van der Waals surface area contributed by atoms with Crippen LogP contribution < -0.4 is 0 Å². The molecule has 0 atom stereocenters. The highest BCUT2D eigenvalue weighted by Gasteiger charge is 2.23. The summed E-state index contributed by atoms with van der Waals surface area (Å²) in [5.74, 6) is -1.66. The summed E-state index contributed by atoms with van der Waals surface area (Å²) in [7, 11) is 2.43. The summed E-state index contributed by atoms with van der Waals surface area (Å²) in [4.78, 5) is 36.4. The topological polar surface area (TPSA) is 72.9 Å². The summed E-state index contributed by atoms with van der Waals surface area (Å²) in [6.07, 6.45) is 0. The number of nitrogens with zero attached hydrogens (tertiary/aromatic N) is 1. The zero-order chi connectivity index (χ0) is 16.0. The highest BCUT2D eigenvalue weighted by Crippen LogP contribution is 2.18. The van der Waals surface area contributed by atoms with Gasteiger partial charge < -0.3 is 14.4 Å². The van der Waals surface area contributed by atoms with Crippen LogP contribution in [0.3, 0.4) is 0 Å². The zero-order valence-corrected chi connectivity index (χ0v) is 13.6. The van der Waals surface area contributed by atoms with Crippen LogP contribution in [-0.2, 0) is 19.1 Å². The molecule has 21 heavy (non-hydrogen) atoms. The van der Waals surface area contributed by atoms with Gasteiger partial charge in [-0.2, -0.15) is 0 Å². The third-order valence-electron chi connectivity index (χ3n) is 2.81. The third-order valence-corrected chi connectivity index (χ3v) is 3.31. The van der Waals surface area contributed by atoms with Gasteiger partial charge in [0.2, 0.25) is 0 Å². The number of halogens is 1. The van der Waals surface area contributed by atoms with Crippen LogP contribution in [0.4, 0.5) is 0 Å². The molecule has 0 bridgehead atoms. The van der Waals surface area contributed by atoms with Crippen LogP contribution in [0.15, 0.2) is 22.7 Å². The van der Waals surface area contributed by atoms with Gasteiger partial charge in [-0.05, 0) is 24.6 Å². The molecule has 0 unspecified atom stereocenters. The van der Waals surface area contributed by atoms with Gasteiger partial charge in [-0.1, -0.05) is 22.0 Å². The van der Waals surface area contributed by atoms with Crippen LogP contribution in [0.2, 0.25) is 0 Å². The van der Waals surface area contributed by atoms with E-state index in [0.29, 0.717) is 5.56 Å². The molecule has 1 aromatic rings. The maximum absolute atomic E-state index is 12.5. The molecule has 0 radical (unpaired) electrons. The first kappa shape index (κ1) is 17.2. The Morgan fingerprint density at radius 2 is 1.62 bits per heavy atom. The number of hydrogen-bond acceptors (Lipinski definition) is 5. The number of amides is 1. The lowest BCUT2D eigenvalue weighted by Crippen LogP contribution is -2.40. The van der Waals surface area contributed by atoms with Crippen LogP contribution in [0.5, 0.6) is 0 Å². The fraction of sp³-hybridized carbons (Fsp3) is 0.357. The maximum Gasteiger partial charge on any atom is 0.325 e. The summed E-state index contributed by atoms with van der Waals surface area (Å²) in [5, 5.41) is 0. The van der Waals surface area contributed by atoms with Gasteiger partial charge in [0, 0.05) is 10.0 Å². The number of hydrogen-bond donors (Lipinski definition) is 0. The zero-order valence-electron chi connectivity index (χ0n) is 12.0. The Labute approximate surface area is 131 Å². The van der Waals surface area contributed by atoms with E-state index in [1.165, 1.54) is 14.2 Å². The first-order valence-electron chi connectivity index (χ1n) is 6.08. The predicted octanol–water partition coefficient (Wildman–Crippen LogP) is 1.55. The Morgan fingerprint density at radius 3 is 2.10 bits per heavy atom. The average Bonchev–Trinajstić information content (AvgIpc) is 2.47. The second-order valence-corrected chi connectivity index (χ2v) is 5.19. The maximum atomic E-state index is 12.5. The van der Waals surface area contributed by atoms with E-state index in [9.17, 15) is 14.4 Å². The molecule has 0 saturated heterocycles. The lowest BCUT2D eigenvalue weighted by Gasteiger charge is -2.21. The number of methoxy groups -OCH3 is 2. The molecule has 0 aromatic heterocycles. The van der Waals surface area contributed by atoms with Crippen molar-refractivity contribution in [2.24, 2.45) is 0 Å². The van der Waals surface area contributed by atoms with Crippen LogP contribution in [0.25, 0.3) is 0 Å². The van der Waals surface area contributed by atoms with Crippen molar-refractivity contribution in [2.45, 2.75) is 6.92 Å². The molecule has 7 heteroatoms. The van der Waals surface area contributed by atoms with Crippen molar-refractivity contribution in [3.63, 3.8) is 0 Å². The predicted molar refractivity (Wildman–Crippen MR) is 78.8 cm³/mol. The Hall–Kier alpha value is -1.89. The van der Waals surface area contributed by atoms with Gasteiger partial charge in [-0.15, -0.1) is 0 Å². The monoisotopic (exact) mass is 357 g/mol. The molecule has 114 valence electrons. The fourth-order valence-corrected chi connectivity index (χ4v) is 2.00. The van der Waals surface area contributed by atoms with Crippen molar-refractivity contribution in [2.75, 3.05) is 27.3 Å². The van der Waals surface area contributed by atoms with Crippen LogP contribution >= 0.6 is 15.9 Å². The molecule has 1 rings (SSSR count). The highest BCUT2D eigenvalue weighted by atomic mass is 79.9. The molecule has 6 nitrogen and oxygen atoms in total. The van der Waals surface area contributed by atoms with E-state index in [2.05, 4.69) is 25.4 Å². The molecule has 0 spiro atoms. The normalized spacial score (nSPS) is 9.90. The average molecular weight is 358 g/mol. The van der Waals surface area contributed by atoms with E-state index < -0.39 is 17.8 Å². The van der Waals surface area contributed by atoms with E-state index in [1.807, 2.05) is 0 Å². The molecular weight excluding hydrogens is 342 g/mol. The Bertz CT molecular complexity index is 540. The van der Waals surface area contributed by atoms with Gasteiger partial charge >= 0.3 is 11.9 Å². The fourth-order valence-electron chi connectivity index (χ4n) is 1.64. The first-order valence-corrected chi connectivity index (χ1v) is 6.87. The minimum absolute atomic E-state index is 0.323. The highest BCUT2D eigenvalue weighted by molar-refractivity contribution is 9.10. The molecule has 1 aromatic carbocycles. The van der Waals surface area contributed by atoms with E-state index >= 15 is 0 Å². The number of aryl methyl sites for hydroxylation is 1. The van der Waals surface area contributed by atoms with Crippen molar-refractivity contribution < 1.29 is 23.9 Å². The molecule has 0 aliphatic carbocycles. The van der Waals surface area contributed by atoms with Crippen molar-refractivity contribution in [1.29, 1.82) is 0 Å². The minimum atomic E-state index is -0.611. The Balaban J connectivity index is 3.05. The second-order valence-electron chi connectivity index (χ2n) is 4.27. The molecular formula is C14H16BrNO5. The molecule has 0 heterocycles. The summed E-state index contributed by atoms with van der Waals surface area (Å²) >= 11 is 3.29. The second kappa shape index (κ2) is 7.78. The smallest absolute Gasteiger partial charge is 0.325 e. The van der Waals surface area contributed by atoms with Gasteiger partial charge in [0.15, 0.2) is 0 Å². The van der Waals surface area contributed by atoms with Gasteiger partial charge in [-0.25, -0.2) is 0 Å². The number of rotatable bonds is 5. The largest absolute Gasteiger partial charge is 0.468 e. The van der Waals surface area contributed by atoms with Gasteiger partial charge in [-0.3, -0.25) is 14.4 Å². The van der Waals surface area contributed by atoms with Crippen molar-refractivity contribution >= 4 is 33.8 Å². The van der Waals surface area contributed by atoms with E-state index in [4.69, 9.17) is 0 Å². The minimum Gasteiger partial charge on any atom is -0.468 e. The van der Waals surface area contributed by atoms with Crippen LogP contribution in [0.1, 0.15) is 15.9 Å².